The molecule has 0 fully saturated rings. The average Bonchev–Trinajstić information content (AvgIpc) is 2.20. The standard InChI is InChI=1S/C12H15ClFNO/c1-12(2,15-11(16)8-13)7-9-3-5-10(14)6-4-9/h3-6H,7-8H2,1-2H3,(H,15,16). The van der Waals surface area contributed by atoms with Crippen LogP contribution in [-0.2, 0) is 11.2 Å². The van der Waals surface area contributed by atoms with E-state index in [0.29, 0.717) is 6.42 Å². The molecule has 0 atom stereocenters. The summed E-state index contributed by atoms with van der Waals surface area (Å²) in [5.74, 6) is -0.507. The van der Waals surface area contributed by atoms with Gasteiger partial charge in [-0.25, -0.2) is 4.39 Å². The van der Waals surface area contributed by atoms with Crippen LogP contribution in [0.3, 0.4) is 0 Å². The van der Waals surface area contributed by atoms with E-state index in [0.717, 1.165) is 5.56 Å². The molecule has 0 heterocycles. The molecule has 0 aliphatic heterocycles. The van der Waals surface area contributed by atoms with Crippen molar-refractivity contribution in [2.45, 2.75) is 25.8 Å². The lowest BCUT2D eigenvalue weighted by atomic mass is 9.95. The molecular weight excluding hydrogens is 229 g/mol. The molecule has 0 saturated heterocycles. The van der Waals surface area contributed by atoms with Gasteiger partial charge < -0.3 is 5.32 Å². The monoisotopic (exact) mass is 243 g/mol. The number of carbonyl (C=O) groups is 1. The lowest BCUT2D eigenvalue weighted by Gasteiger charge is -2.26. The molecule has 1 aromatic carbocycles. The molecule has 1 N–H and O–H groups in total. The molecule has 0 saturated carbocycles. The summed E-state index contributed by atoms with van der Waals surface area (Å²) in [6.07, 6.45) is 0.635. The molecule has 16 heavy (non-hydrogen) atoms. The van der Waals surface area contributed by atoms with Crippen LogP contribution < -0.4 is 5.32 Å². The van der Waals surface area contributed by atoms with Crippen LogP contribution in [0.2, 0.25) is 0 Å². The van der Waals surface area contributed by atoms with Gasteiger partial charge in [-0.1, -0.05) is 12.1 Å². The summed E-state index contributed by atoms with van der Waals surface area (Å²) < 4.78 is 12.7. The number of alkyl halides is 1. The fourth-order valence-corrected chi connectivity index (χ4v) is 1.63. The first-order chi connectivity index (χ1) is 7.43. The lowest BCUT2D eigenvalue weighted by Crippen LogP contribution is -2.45. The Hall–Kier alpha value is -1.09. The van der Waals surface area contributed by atoms with Crippen molar-refractivity contribution in [1.82, 2.24) is 5.32 Å². The van der Waals surface area contributed by atoms with Gasteiger partial charge in [0.1, 0.15) is 11.7 Å². The average molecular weight is 244 g/mol. The number of carbonyl (C=O) groups excluding carboxylic acids is 1. The maximum absolute atomic E-state index is 12.7. The van der Waals surface area contributed by atoms with Crippen LogP contribution >= 0.6 is 11.6 Å². The lowest BCUT2D eigenvalue weighted by molar-refractivity contribution is -0.120. The van der Waals surface area contributed by atoms with Crippen LogP contribution in [0, 0.1) is 5.82 Å². The van der Waals surface area contributed by atoms with E-state index in [4.69, 9.17) is 11.6 Å². The Morgan fingerprint density at radius 1 is 1.38 bits per heavy atom. The molecule has 0 radical (unpaired) electrons. The number of amides is 1. The molecule has 0 unspecified atom stereocenters. The van der Waals surface area contributed by atoms with Gasteiger partial charge >= 0.3 is 0 Å². The molecule has 0 aromatic heterocycles. The van der Waals surface area contributed by atoms with Gasteiger partial charge in [0, 0.05) is 5.54 Å². The van der Waals surface area contributed by atoms with Crippen molar-refractivity contribution < 1.29 is 9.18 Å². The normalized spacial score (nSPS) is 11.2. The minimum atomic E-state index is -0.385. The van der Waals surface area contributed by atoms with E-state index in [-0.39, 0.29) is 23.1 Å². The Bertz CT molecular complexity index is 362. The van der Waals surface area contributed by atoms with Crippen molar-refractivity contribution in [3.05, 3.63) is 35.6 Å². The van der Waals surface area contributed by atoms with Crippen molar-refractivity contribution in [3.63, 3.8) is 0 Å². The Labute approximate surface area is 99.8 Å². The summed E-state index contributed by atoms with van der Waals surface area (Å²) in [6.45, 7) is 3.81. The number of nitrogens with one attached hydrogen (secondary N) is 1. The van der Waals surface area contributed by atoms with Gasteiger partial charge in [0.15, 0.2) is 0 Å². The Morgan fingerprint density at radius 3 is 2.44 bits per heavy atom. The highest BCUT2D eigenvalue weighted by Gasteiger charge is 2.20. The molecule has 0 aliphatic carbocycles. The zero-order valence-electron chi connectivity index (χ0n) is 9.39. The van der Waals surface area contributed by atoms with Crippen molar-refractivity contribution in [3.8, 4) is 0 Å². The van der Waals surface area contributed by atoms with Crippen LogP contribution in [0.15, 0.2) is 24.3 Å². The van der Waals surface area contributed by atoms with Gasteiger partial charge in [-0.15, -0.1) is 11.6 Å². The summed E-state index contributed by atoms with van der Waals surface area (Å²) in [6, 6.07) is 6.25. The Morgan fingerprint density at radius 2 is 1.94 bits per heavy atom. The number of halogens is 2. The predicted molar refractivity (Wildman–Crippen MR) is 63.0 cm³/mol. The van der Waals surface area contributed by atoms with Crippen molar-refractivity contribution in [1.29, 1.82) is 0 Å². The molecule has 1 aromatic rings. The molecule has 0 aliphatic rings. The second-order valence-electron chi connectivity index (χ2n) is 4.37. The first kappa shape index (κ1) is 13.0. The van der Waals surface area contributed by atoms with Gasteiger partial charge in [-0.05, 0) is 38.0 Å². The van der Waals surface area contributed by atoms with E-state index in [9.17, 15) is 9.18 Å². The third kappa shape index (κ3) is 4.19. The fraction of sp³-hybridized carbons (Fsp3) is 0.417. The van der Waals surface area contributed by atoms with Gasteiger partial charge in [0.2, 0.25) is 5.91 Å². The number of hydrogen-bond acceptors (Lipinski definition) is 1. The van der Waals surface area contributed by atoms with E-state index in [1.807, 2.05) is 13.8 Å². The summed E-state index contributed by atoms with van der Waals surface area (Å²) in [7, 11) is 0. The smallest absolute Gasteiger partial charge is 0.235 e. The molecule has 1 rings (SSSR count). The molecule has 88 valence electrons. The second kappa shape index (κ2) is 5.30. The zero-order valence-corrected chi connectivity index (χ0v) is 10.1. The summed E-state index contributed by atoms with van der Waals surface area (Å²) in [5.41, 5.74) is 0.588. The highest BCUT2D eigenvalue weighted by Crippen LogP contribution is 2.13. The van der Waals surface area contributed by atoms with E-state index < -0.39 is 0 Å². The number of benzene rings is 1. The van der Waals surface area contributed by atoms with Crippen LogP contribution in [0.5, 0.6) is 0 Å². The second-order valence-corrected chi connectivity index (χ2v) is 4.64. The molecule has 1 amide bonds. The van der Waals surface area contributed by atoms with Crippen LogP contribution in [0.25, 0.3) is 0 Å². The SMILES string of the molecule is CC(C)(Cc1ccc(F)cc1)NC(=O)CCl. The minimum Gasteiger partial charge on any atom is -0.350 e. The summed E-state index contributed by atoms with van der Waals surface area (Å²) in [4.78, 5) is 11.2. The maximum atomic E-state index is 12.7. The topological polar surface area (TPSA) is 29.1 Å². The quantitative estimate of drug-likeness (QED) is 0.809. The van der Waals surface area contributed by atoms with Gasteiger partial charge in [0.25, 0.3) is 0 Å². The highest BCUT2D eigenvalue weighted by atomic mass is 35.5. The van der Waals surface area contributed by atoms with E-state index in [1.54, 1.807) is 12.1 Å². The molecule has 0 bridgehead atoms. The summed E-state index contributed by atoms with van der Waals surface area (Å²) >= 11 is 5.42. The molecule has 2 nitrogen and oxygen atoms in total. The predicted octanol–water partition coefficient (Wildman–Crippen LogP) is 2.50. The minimum absolute atomic E-state index is 0.0488. The first-order valence-corrected chi connectivity index (χ1v) is 5.58. The molecule has 0 spiro atoms. The Balaban J connectivity index is 2.64. The van der Waals surface area contributed by atoms with E-state index >= 15 is 0 Å². The summed E-state index contributed by atoms with van der Waals surface area (Å²) in [5, 5.41) is 2.80. The third-order valence-electron chi connectivity index (χ3n) is 2.16. The fourth-order valence-electron chi connectivity index (χ4n) is 1.57. The van der Waals surface area contributed by atoms with Gasteiger partial charge in [0.05, 0.1) is 0 Å². The van der Waals surface area contributed by atoms with Crippen molar-refractivity contribution >= 4 is 17.5 Å². The van der Waals surface area contributed by atoms with E-state index in [1.165, 1.54) is 12.1 Å². The first-order valence-electron chi connectivity index (χ1n) is 5.04. The van der Waals surface area contributed by atoms with Crippen molar-refractivity contribution in [2.24, 2.45) is 0 Å². The van der Waals surface area contributed by atoms with Gasteiger partial charge in [-0.2, -0.15) is 0 Å². The Kier molecular flexibility index (Phi) is 4.30. The van der Waals surface area contributed by atoms with Crippen LogP contribution in [0.1, 0.15) is 19.4 Å². The molecular formula is C12H15ClFNO. The number of hydrogen-bond donors (Lipinski definition) is 1. The van der Waals surface area contributed by atoms with Gasteiger partial charge in [-0.3, -0.25) is 4.79 Å². The number of rotatable bonds is 4. The largest absolute Gasteiger partial charge is 0.350 e. The van der Waals surface area contributed by atoms with Crippen LogP contribution in [-0.4, -0.2) is 17.3 Å². The van der Waals surface area contributed by atoms with Crippen LogP contribution in [0.4, 0.5) is 4.39 Å². The zero-order chi connectivity index (χ0) is 12.2. The maximum Gasteiger partial charge on any atom is 0.235 e. The third-order valence-corrected chi connectivity index (χ3v) is 2.40. The van der Waals surface area contributed by atoms with Crippen molar-refractivity contribution in [2.75, 3.05) is 5.88 Å². The molecule has 4 heteroatoms. The van der Waals surface area contributed by atoms with E-state index in [2.05, 4.69) is 5.32 Å². The highest BCUT2D eigenvalue weighted by molar-refractivity contribution is 6.27.